The zero-order chi connectivity index (χ0) is 18.4. The molecule has 2 N–H and O–H groups in total. The summed E-state index contributed by atoms with van der Waals surface area (Å²) >= 11 is 0. The normalized spacial score (nSPS) is 11.5. The number of aliphatic hydroxyl groups is 1. The second kappa shape index (κ2) is 9.86. The summed E-state index contributed by atoms with van der Waals surface area (Å²) in [6, 6.07) is 15.3. The van der Waals surface area contributed by atoms with Crippen molar-refractivity contribution in [2.75, 3.05) is 13.7 Å². The fourth-order valence-corrected chi connectivity index (χ4v) is 2.40. The van der Waals surface area contributed by atoms with Gasteiger partial charge in [-0.25, -0.2) is 0 Å². The Balaban J connectivity index is 0.00000261. The number of methoxy groups -OCH3 is 1. The van der Waals surface area contributed by atoms with Crippen LogP contribution < -0.4 is 27.2 Å². The lowest BCUT2D eigenvalue weighted by molar-refractivity contribution is -0.00000850. The van der Waals surface area contributed by atoms with Crippen LogP contribution in [0.2, 0.25) is 0 Å². The standard InChI is InChI=1S/C18H21N5O3.ClH/c1-13(24)11-19-12-14-8-9-16(17(10-14)25-2)26-18-20-21-22-23(18)15-6-4-3-5-7-15;/h3-10,13,19,24H,11-12H2,1-2H3;1H/p-1. The quantitative estimate of drug-likeness (QED) is 0.506. The highest BCUT2D eigenvalue weighted by Crippen LogP contribution is 2.32. The van der Waals surface area contributed by atoms with E-state index in [9.17, 15) is 5.11 Å². The van der Waals surface area contributed by atoms with E-state index in [4.69, 9.17) is 9.47 Å². The van der Waals surface area contributed by atoms with E-state index in [1.807, 2.05) is 48.5 Å². The molecule has 8 nitrogen and oxygen atoms in total. The summed E-state index contributed by atoms with van der Waals surface area (Å²) in [6.45, 7) is 2.87. The van der Waals surface area contributed by atoms with Crippen LogP contribution in [0.25, 0.3) is 5.69 Å². The van der Waals surface area contributed by atoms with Crippen molar-refractivity contribution >= 4 is 0 Å². The van der Waals surface area contributed by atoms with Gasteiger partial charge in [0.2, 0.25) is 0 Å². The largest absolute Gasteiger partial charge is 1.00 e. The van der Waals surface area contributed by atoms with Crippen LogP contribution in [-0.2, 0) is 6.54 Å². The number of aliphatic hydroxyl groups excluding tert-OH is 1. The first kappa shape index (κ1) is 20.6. The lowest BCUT2D eigenvalue weighted by Crippen LogP contribution is -3.00. The molecule has 27 heavy (non-hydrogen) atoms. The molecular formula is C18H21ClN5O3-. The molecule has 0 bridgehead atoms. The number of para-hydroxylation sites is 1. The van der Waals surface area contributed by atoms with Gasteiger partial charge in [-0.05, 0) is 47.2 Å². The van der Waals surface area contributed by atoms with Gasteiger partial charge in [0.25, 0.3) is 0 Å². The van der Waals surface area contributed by atoms with E-state index in [0.717, 1.165) is 11.3 Å². The van der Waals surface area contributed by atoms with Gasteiger partial charge in [-0.2, -0.15) is 4.68 Å². The van der Waals surface area contributed by atoms with Crippen molar-refractivity contribution in [3.05, 3.63) is 54.1 Å². The summed E-state index contributed by atoms with van der Waals surface area (Å²) in [6.07, 6.45) is -0.392. The molecule has 3 rings (SSSR count). The molecule has 0 saturated heterocycles. The maximum absolute atomic E-state index is 9.31. The van der Waals surface area contributed by atoms with E-state index in [1.165, 1.54) is 4.68 Å². The minimum absolute atomic E-state index is 0. The Hall–Kier alpha value is -2.68. The number of ether oxygens (including phenoxy) is 2. The van der Waals surface area contributed by atoms with Crippen LogP contribution in [0.3, 0.4) is 0 Å². The first-order valence-corrected chi connectivity index (χ1v) is 8.24. The molecule has 0 radical (unpaired) electrons. The molecule has 1 heterocycles. The monoisotopic (exact) mass is 390 g/mol. The van der Waals surface area contributed by atoms with Crippen molar-refractivity contribution in [2.24, 2.45) is 0 Å². The van der Waals surface area contributed by atoms with Gasteiger partial charge >= 0.3 is 6.01 Å². The molecule has 0 aliphatic heterocycles. The Morgan fingerprint density at radius 1 is 1.15 bits per heavy atom. The molecule has 0 aliphatic rings. The van der Waals surface area contributed by atoms with Crippen LogP contribution >= 0.6 is 0 Å². The lowest BCUT2D eigenvalue weighted by Gasteiger charge is -2.12. The van der Waals surface area contributed by atoms with E-state index >= 15 is 0 Å². The molecule has 144 valence electrons. The number of benzene rings is 2. The van der Waals surface area contributed by atoms with Gasteiger partial charge < -0.3 is 32.3 Å². The van der Waals surface area contributed by atoms with Crippen molar-refractivity contribution in [3.63, 3.8) is 0 Å². The highest BCUT2D eigenvalue weighted by atomic mass is 35.5. The van der Waals surface area contributed by atoms with Gasteiger partial charge in [0, 0.05) is 13.1 Å². The third-order valence-corrected chi connectivity index (χ3v) is 3.64. The van der Waals surface area contributed by atoms with E-state index in [0.29, 0.717) is 24.6 Å². The second-order valence-electron chi connectivity index (χ2n) is 5.78. The van der Waals surface area contributed by atoms with Crippen LogP contribution in [0, 0.1) is 0 Å². The Kier molecular flexibility index (Phi) is 7.54. The highest BCUT2D eigenvalue weighted by Gasteiger charge is 2.14. The highest BCUT2D eigenvalue weighted by molar-refractivity contribution is 5.44. The van der Waals surface area contributed by atoms with Gasteiger partial charge in [0.1, 0.15) is 0 Å². The minimum Gasteiger partial charge on any atom is -1.00 e. The van der Waals surface area contributed by atoms with Gasteiger partial charge in [0.15, 0.2) is 11.5 Å². The van der Waals surface area contributed by atoms with E-state index in [-0.39, 0.29) is 18.4 Å². The van der Waals surface area contributed by atoms with Gasteiger partial charge in [-0.1, -0.05) is 29.4 Å². The molecular weight excluding hydrogens is 370 g/mol. The number of aromatic nitrogens is 4. The maximum atomic E-state index is 9.31. The van der Waals surface area contributed by atoms with Crippen molar-refractivity contribution in [1.29, 1.82) is 0 Å². The number of nitrogens with one attached hydrogen (secondary N) is 1. The topological polar surface area (TPSA) is 94.3 Å². The average Bonchev–Trinajstić information content (AvgIpc) is 3.11. The van der Waals surface area contributed by atoms with Crippen LogP contribution in [0.4, 0.5) is 0 Å². The third-order valence-electron chi connectivity index (χ3n) is 3.64. The smallest absolute Gasteiger partial charge is 0.346 e. The summed E-state index contributed by atoms with van der Waals surface area (Å²) in [5.41, 5.74) is 1.81. The summed E-state index contributed by atoms with van der Waals surface area (Å²) in [5.74, 6) is 1.09. The fourth-order valence-electron chi connectivity index (χ4n) is 2.40. The molecule has 1 unspecified atom stereocenters. The zero-order valence-corrected chi connectivity index (χ0v) is 15.8. The molecule has 2 aromatic carbocycles. The van der Waals surface area contributed by atoms with E-state index in [2.05, 4.69) is 20.8 Å². The molecule has 3 aromatic rings. The molecule has 1 atom stereocenters. The van der Waals surface area contributed by atoms with E-state index in [1.54, 1.807) is 14.0 Å². The van der Waals surface area contributed by atoms with Crippen molar-refractivity contribution in [3.8, 4) is 23.2 Å². The summed E-state index contributed by atoms with van der Waals surface area (Å²) in [5, 5.41) is 24.1. The van der Waals surface area contributed by atoms with Crippen molar-refractivity contribution < 1.29 is 27.0 Å². The Bertz CT molecular complexity index is 842. The SMILES string of the molecule is COc1cc(CNCC(C)O)ccc1Oc1nnnn1-c1ccccc1.[Cl-]. The predicted octanol–water partition coefficient (Wildman–Crippen LogP) is -1.06. The number of hydrogen-bond donors (Lipinski definition) is 2. The summed E-state index contributed by atoms with van der Waals surface area (Å²) in [7, 11) is 1.58. The van der Waals surface area contributed by atoms with Gasteiger partial charge in [-0.3, -0.25) is 0 Å². The Morgan fingerprint density at radius 3 is 2.63 bits per heavy atom. The number of halogens is 1. The zero-order valence-electron chi connectivity index (χ0n) is 15.0. The van der Waals surface area contributed by atoms with Crippen molar-refractivity contribution in [1.82, 2.24) is 25.5 Å². The molecule has 0 saturated carbocycles. The average molecular weight is 391 g/mol. The summed E-state index contributed by atoms with van der Waals surface area (Å²) in [4.78, 5) is 0. The molecule has 0 spiro atoms. The van der Waals surface area contributed by atoms with Gasteiger partial charge in [-0.15, -0.1) is 0 Å². The van der Waals surface area contributed by atoms with Crippen molar-refractivity contribution in [2.45, 2.75) is 19.6 Å². The molecule has 1 aromatic heterocycles. The second-order valence-corrected chi connectivity index (χ2v) is 5.78. The molecule has 0 amide bonds. The van der Waals surface area contributed by atoms with Crippen LogP contribution in [0.1, 0.15) is 12.5 Å². The number of nitrogens with zero attached hydrogens (tertiary/aromatic N) is 4. The first-order valence-electron chi connectivity index (χ1n) is 8.24. The predicted molar refractivity (Wildman–Crippen MR) is 95.6 cm³/mol. The molecule has 0 fully saturated rings. The lowest BCUT2D eigenvalue weighted by atomic mass is 10.2. The summed E-state index contributed by atoms with van der Waals surface area (Å²) < 4.78 is 12.8. The number of hydrogen-bond acceptors (Lipinski definition) is 7. The fraction of sp³-hybridized carbons (Fsp3) is 0.278. The van der Waals surface area contributed by atoms with Crippen LogP contribution in [-0.4, -0.2) is 45.1 Å². The molecule has 0 aliphatic carbocycles. The Morgan fingerprint density at radius 2 is 1.93 bits per heavy atom. The number of tetrazole rings is 1. The number of rotatable bonds is 8. The Labute approximate surface area is 163 Å². The van der Waals surface area contributed by atoms with Gasteiger partial charge in [0.05, 0.1) is 18.9 Å². The maximum Gasteiger partial charge on any atom is 0.346 e. The first-order chi connectivity index (χ1) is 12.7. The van der Waals surface area contributed by atoms with Crippen LogP contribution in [0.5, 0.6) is 17.5 Å². The molecule has 9 heteroatoms. The minimum atomic E-state index is -0.392. The third kappa shape index (κ3) is 5.40. The van der Waals surface area contributed by atoms with E-state index < -0.39 is 6.10 Å². The van der Waals surface area contributed by atoms with Crippen LogP contribution in [0.15, 0.2) is 48.5 Å².